The zero-order valence-corrected chi connectivity index (χ0v) is 7.43. The smallest absolute Gasteiger partial charge is 0.0937 e. The van der Waals surface area contributed by atoms with Gasteiger partial charge in [-0.3, -0.25) is 0 Å². The Bertz CT molecular complexity index is 136. The second-order valence-corrected chi connectivity index (χ2v) is 2.99. The molecule has 0 aliphatic carbocycles. The molecule has 1 aliphatic rings. The molecular weight excluding hydrogens is 138 g/mol. The van der Waals surface area contributed by atoms with Crippen molar-refractivity contribution in [2.45, 2.75) is 0 Å². The van der Waals surface area contributed by atoms with Crippen LogP contribution in [0.25, 0.3) is 0 Å². The Morgan fingerprint density at radius 3 is 2.27 bits per heavy atom. The van der Waals surface area contributed by atoms with E-state index in [4.69, 9.17) is 0 Å². The van der Waals surface area contributed by atoms with Crippen molar-refractivity contribution in [1.82, 2.24) is 15.1 Å². The maximum absolute atomic E-state index is 3.92. The Balaban J connectivity index is 2.33. The van der Waals surface area contributed by atoms with Crippen molar-refractivity contribution in [3.63, 3.8) is 0 Å². The molecule has 1 saturated heterocycles. The predicted octanol–water partition coefficient (Wildman–Crippen LogP) is -0.0756. The van der Waals surface area contributed by atoms with Gasteiger partial charge in [0.25, 0.3) is 0 Å². The lowest BCUT2D eigenvalue weighted by Crippen LogP contribution is -2.45. The number of nitrogens with zero attached hydrogens (tertiary/aromatic N) is 2. The molecule has 3 nitrogen and oxygen atoms in total. The summed E-state index contributed by atoms with van der Waals surface area (Å²) >= 11 is 0. The first-order valence-corrected chi connectivity index (χ1v) is 4.04. The fourth-order valence-corrected chi connectivity index (χ4v) is 1.23. The van der Waals surface area contributed by atoms with Gasteiger partial charge in [0.1, 0.15) is 0 Å². The summed E-state index contributed by atoms with van der Waals surface area (Å²) in [5.74, 6) is 1.04. The number of hydrogen-bond acceptors (Lipinski definition) is 3. The fraction of sp³-hybridized carbons (Fsp3) is 0.750. The molecule has 0 aromatic rings. The molecule has 1 N–H and O–H groups in total. The number of nitrogens with one attached hydrogen (secondary N) is 1. The van der Waals surface area contributed by atoms with E-state index in [1.165, 1.54) is 0 Å². The highest BCUT2D eigenvalue weighted by Gasteiger charge is 2.13. The molecule has 0 radical (unpaired) electrons. The molecule has 1 rings (SSSR count). The summed E-state index contributed by atoms with van der Waals surface area (Å²) in [6.45, 7) is 8.38. The van der Waals surface area contributed by atoms with E-state index in [0.717, 1.165) is 32.0 Å². The van der Waals surface area contributed by atoms with Crippen LogP contribution in [-0.4, -0.2) is 50.1 Å². The SMILES string of the molecule is C=C(NC)N1CCN(C)CC1. The molecule has 0 unspecified atom stereocenters. The largest absolute Gasteiger partial charge is 0.375 e. The highest BCUT2D eigenvalue weighted by atomic mass is 15.3. The molecule has 1 fully saturated rings. The topological polar surface area (TPSA) is 18.5 Å². The zero-order valence-electron chi connectivity index (χ0n) is 7.43. The molecular formula is C8H17N3. The number of piperazine rings is 1. The van der Waals surface area contributed by atoms with E-state index in [-0.39, 0.29) is 0 Å². The summed E-state index contributed by atoms with van der Waals surface area (Å²) in [7, 11) is 4.07. The summed E-state index contributed by atoms with van der Waals surface area (Å²) < 4.78 is 0. The highest BCUT2D eigenvalue weighted by molar-refractivity contribution is 4.91. The van der Waals surface area contributed by atoms with E-state index in [0.29, 0.717) is 0 Å². The third-order valence-electron chi connectivity index (χ3n) is 2.17. The monoisotopic (exact) mass is 155 g/mol. The molecule has 0 atom stereocenters. The van der Waals surface area contributed by atoms with E-state index in [1.807, 2.05) is 7.05 Å². The Morgan fingerprint density at radius 2 is 1.82 bits per heavy atom. The van der Waals surface area contributed by atoms with Crippen molar-refractivity contribution in [1.29, 1.82) is 0 Å². The van der Waals surface area contributed by atoms with Crippen LogP contribution in [0.1, 0.15) is 0 Å². The third-order valence-corrected chi connectivity index (χ3v) is 2.17. The Morgan fingerprint density at radius 1 is 1.27 bits per heavy atom. The Labute approximate surface area is 68.7 Å². The van der Waals surface area contributed by atoms with Crippen LogP contribution in [0.15, 0.2) is 12.4 Å². The van der Waals surface area contributed by atoms with Gasteiger partial charge in [-0.25, -0.2) is 0 Å². The summed E-state index contributed by atoms with van der Waals surface area (Å²) in [6.07, 6.45) is 0. The van der Waals surface area contributed by atoms with E-state index < -0.39 is 0 Å². The molecule has 0 aromatic carbocycles. The molecule has 0 amide bonds. The molecule has 1 heterocycles. The van der Waals surface area contributed by atoms with Gasteiger partial charge in [0, 0.05) is 33.2 Å². The van der Waals surface area contributed by atoms with Crippen LogP contribution in [0.2, 0.25) is 0 Å². The lowest BCUT2D eigenvalue weighted by atomic mass is 10.3. The minimum absolute atomic E-state index is 1.04. The van der Waals surface area contributed by atoms with Crippen molar-refractivity contribution in [3.05, 3.63) is 12.4 Å². The van der Waals surface area contributed by atoms with Gasteiger partial charge >= 0.3 is 0 Å². The maximum Gasteiger partial charge on any atom is 0.0937 e. The zero-order chi connectivity index (χ0) is 8.27. The summed E-state index contributed by atoms with van der Waals surface area (Å²) in [4.78, 5) is 4.61. The highest BCUT2D eigenvalue weighted by Crippen LogP contribution is 2.02. The average Bonchev–Trinajstić information content (AvgIpc) is 2.05. The van der Waals surface area contributed by atoms with Crippen LogP contribution < -0.4 is 5.32 Å². The molecule has 1 aliphatic heterocycles. The quantitative estimate of drug-likeness (QED) is 0.602. The van der Waals surface area contributed by atoms with Crippen molar-refractivity contribution >= 4 is 0 Å². The second-order valence-electron chi connectivity index (χ2n) is 2.99. The first-order chi connectivity index (χ1) is 5.24. The molecule has 11 heavy (non-hydrogen) atoms. The number of hydrogen-bond donors (Lipinski definition) is 1. The second kappa shape index (κ2) is 3.62. The lowest BCUT2D eigenvalue weighted by molar-refractivity contribution is 0.180. The Hall–Kier alpha value is -0.700. The first kappa shape index (κ1) is 8.40. The summed E-state index contributed by atoms with van der Waals surface area (Å²) in [6, 6.07) is 0. The van der Waals surface area contributed by atoms with Crippen LogP contribution in [0.4, 0.5) is 0 Å². The van der Waals surface area contributed by atoms with Gasteiger partial charge in [0.05, 0.1) is 5.82 Å². The summed E-state index contributed by atoms with van der Waals surface area (Å²) in [5, 5.41) is 3.06. The lowest BCUT2D eigenvalue weighted by Gasteiger charge is -2.34. The minimum Gasteiger partial charge on any atom is -0.375 e. The van der Waals surface area contributed by atoms with Crippen LogP contribution in [-0.2, 0) is 0 Å². The van der Waals surface area contributed by atoms with E-state index in [1.54, 1.807) is 0 Å². The van der Waals surface area contributed by atoms with Gasteiger partial charge in [-0.1, -0.05) is 6.58 Å². The van der Waals surface area contributed by atoms with Crippen molar-refractivity contribution < 1.29 is 0 Å². The molecule has 0 spiro atoms. The van der Waals surface area contributed by atoms with Gasteiger partial charge in [-0.2, -0.15) is 0 Å². The molecule has 0 bridgehead atoms. The van der Waals surface area contributed by atoms with E-state index in [2.05, 4.69) is 28.7 Å². The van der Waals surface area contributed by atoms with E-state index in [9.17, 15) is 0 Å². The maximum atomic E-state index is 3.92. The van der Waals surface area contributed by atoms with Crippen molar-refractivity contribution in [2.24, 2.45) is 0 Å². The van der Waals surface area contributed by atoms with Gasteiger partial charge in [-0.05, 0) is 7.05 Å². The van der Waals surface area contributed by atoms with Crippen molar-refractivity contribution in [2.75, 3.05) is 40.3 Å². The molecule has 0 aromatic heterocycles. The fourth-order valence-electron chi connectivity index (χ4n) is 1.23. The Kier molecular flexibility index (Phi) is 2.76. The van der Waals surface area contributed by atoms with Crippen LogP contribution in [0, 0.1) is 0 Å². The molecule has 0 saturated carbocycles. The normalized spacial score (nSPS) is 20.0. The number of rotatable bonds is 2. The number of likely N-dealkylation sites (N-methyl/N-ethyl adjacent to an activating group) is 1. The van der Waals surface area contributed by atoms with Crippen LogP contribution >= 0.6 is 0 Å². The summed E-state index contributed by atoms with van der Waals surface area (Å²) in [5.41, 5.74) is 0. The minimum atomic E-state index is 1.04. The van der Waals surface area contributed by atoms with Gasteiger partial charge in [-0.15, -0.1) is 0 Å². The van der Waals surface area contributed by atoms with Crippen LogP contribution in [0.3, 0.4) is 0 Å². The van der Waals surface area contributed by atoms with E-state index >= 15 is 0 Å². The average molecular weight is 155 g/mol. The van der Waals surface area contributed by atoms with Gasteiger partial charge in [0.15, 0.2) is 0 Å². The van der Waals surface area contributed by atoms with Crippen molar-refractivity contribution in [3.8, 4) is 0 Å². The molecule has 64 valence electrons. The third kappa shape index (κ3) is 2.12. The van der Waals surface area contributed by atoms with Gasteiger partial charge < -0.3 is 15.1 Å². The van der Waals surface area contributed by atoms with Gasteiger partial charge in [0.2, 0.25) is 0 Å². The first-order valence-electron chi connectivity index (χ1n) is 4.04. The predicted molar refractivity (Wildman–Crippen MR) is 47.3 cm³/mol. The molecule has 3 heteroatoms. The van der Waals surface area contributed by atoms with Crippen LogP contribution in [0.5, 0.6) is 0 Å². The standard InChI is InChI=1S/C8H17N3/c1-8(9-2)11-6-4-10(3)5-7-11/h9H,1,4-7H2,2-3H3.